The second-order valence-electron chi connectivity index (χ2n) is 7.89. The summed E-state index contributed by atoms with van der Waals surface area (Å²) in [6.07, 6.45) is 1.52. The van der Waals surface area contributed by atoms with Crippen molar-refractivity contribution >= 4 is 11.9 Å². The lowest BCUT2D eigenvalue weighted by Crippen LogP contribution is -2.35. The van der Waals surface area contributed by atoms with E-state index in [0.717, 1.165) is 29.9 Å². The van der Waals surface area contributed by atoms with Gasteiger partial charge >= 0.3 is 11.9 Å². The first-order valence-electron chi connectivity index (χ1n) is 10.8. The highest BCUT2D eigenvalue weighted by molar-refractivity contribution is 5.71. The minimum Gasteiger partial charge on any atom is -0.497 e. The van der Waals surface area contributed by atoms with Crippen LogP contribution in [0.1, 0.15) is 30.4 Å². The van der Waals surface area contributed by atoms with E-state index in [2.05, 4.69) is 12.1 Å². The van der Waals surface area contributed by atoms with Crippen LogP contribution in [0.5, 0.6) is 11.5 Å². The van der Waals surface area contributed by atoms with Crippen molar-refractivity contribution in [2.24, 2.45) is 0 Å². The molecule has 7 heteroatoms. The quantitative estimate of drug-likeness (QED) is 0.447. The van der Waals surface area contributed by atoms with Gasteiger partial charge in [0.2, 0.25) is 0 Å². The molecule has 0 saturated carbocycles. The predicted molar refractivity (Wildman–Crippen MR) is 122 cm³/mol. The number of nitrogens with zero attached hydrogens (tertiary/aromatic N) is 1. The Kier molecular flexibility index (Phi) is 10.5. The van der Waals surface area contributed by atoms with E-state index in [0.29, 0.717) is 6.54 Å². The van der Waals surface area contributed by atoms with Gasteiger partial charge in [-0.05, 0) is 62.7 Å². The fourth-order valence-corrected chi connectivity index (χ4v) is 3.27. The highest BCUT2D eigenvalue weighted by atomic mass is 16.6. The zero-order chi connectivity index (χ0) is 23.3. The number of esters is 1. The lowest BCUT2D eigenvalue weighted by Gasteiger charge is -2.22. The molecule has 0 unspecified atom stereocenters. The molecule has 1 atom stereocenters. The first kappa shape index (κ1) is 25.2. The average Bonchev–Trinajstić information content (AvgIpc) is 2.76. The van der Waals surface area contributed by atoms with Crippen LogP contribution in [-0.4, -0.2) is 62.4 Å². The number of carbonyl (C=O) groups excluding carboxylic acids is 1. The largest absolute Gasteiger partial charge is 0.497 e. The first-order valence-corrected chi connectivity index (χ1v) is 10.8. The standard InChI is InChI=1S/C25H33NO6/c1-26(2)17-22(32-25(29)10-6-9-24(27)28)18-31-23-8-5-4-7-20(23)14-11-19-12-15-21(30-3)16-13-19/h4-5,7-8,12-13,15-16,22H,6,9-11,14,17-18H2,1-3H3,(H,27,28)/t22-/m1/s1. The van der Waals surface area contributed by atoms with Gasteiger partial charge in [-0.1, -0.05) is 30.3 Å². The minimum absolute atomic E-state index is 0.0501. The molecule has 0 saturated heterocycles. The Labute approximate surface area is 189 Å². The van der Waals surface area contributed by atoms with Gasteiger partial charge in [0.25, 0.3) is 0 Å². The summed E-state index contributed by atoms with van der Waals surface area (Å²) in [5, 5.41) is 8.72. The molecule has 2 aromatic carbocycles. The smallest absolute Gasteiger partial charge is 0.306 e. The molecule has 174 valence electrons. The van der Waals surface area contributed by atoms with Crippen molar-refractivity contribution in [3.05, 3.63) is 59.7 Å². The van der Waals surface area contributed by atoms with Gasteiger partial charge in [-0.25, -0.2) is 0 Å². The fourth-order valence-electron chi connectivity index (χ4n) is 3.27. The molecule has 0 amide bonds. The van der Waals surface area contributed by atoms with Gasteiger partial charge in [-0.15, -0.1) is 0 Å². The molecule has 32 heavy (non-hydrogen) atoms. The lowest BCUT2D eigenvalue weighted by atomic mass is 10.0. The van der Waals surface area contributed by atoms with Gasteiger partial charge < -0.3 is 24.2 Å². The van der Waals surface area contributed by atoms with Crippen molar-refractivity contribution in [2.75, 3.05) is 34.4 Å². The Hall–Kier alpha value is -3.06. The Balaban J connectivity index is 1.93. The van der Waals surface area contributed by atoms with Crippen LogP contribution in [0, 0.1) is 0 Å². The van der Waals surface area contributed by atoms with Crippen LogP contribution < -0.4 is 9.47 Å². The second-order valence-corrected chi connectivity index (χ2v) is 7.89. The summed E-state index contributed by atoms with van der Waals surface area (Å²) in [6.45, 7) is 0.737. The summed E-state index contributed by atoms with van der Waals surface area (Å²) >= 11 is 0. The highest BCUT2D eigenvalue weighted by Crippen LogP contribution is 2.21. The number of methoxy groups -OCH3 is 1. The van der Waals surface area contributed by atoms with E-state index >= 15 is 0 Å². The first-order chi connectivity index (χ1) is 15.4. The topological polar surface area (TPSA) is 85.3 Å². The molecule has 0 bridgehead atoms. The van der Waals surface area contributed by atoms with Gasteiger partial charge in [0, 0.05) is 19.4 Å². The molecule has 0 aliphatic heterocycles. The number of aryl methyl sites for hydroxylation is 2. The van der Waals surface area contributed by atoms with Gasteiger partial charge in [-0.3, -0.25) is 9.59 Å². The van der Waals surface area contributed by atoms with Crippen LogP contribution in [-0.2, 0) is 27.2 Å². The zero-order valence-corrected chi connectivity index (χ0v) is 19.1. The van der Waals surface area contributed by atoms with Crippen LogP contribution in [0.2, 0.25) is 0 Å². The number of ether oxygens (including phenoxy) is 3. The van der Waals surface area contributed by atoms with Crippen LogP contribution in [0.4, 0.5) is 0 Å². The summed E-state index contributed by atoms with van der Waals surface area (Å²) in [6, 6.07) is 15.9. The number of benzene rings is 2. The summed E-state index contributed by atoms with van der Waals surface area (Å²) in [7, 11) is 5.45. The monoisotopic (exact) mass is 443 g/mol. The molecule has 0 aliphatic carbocycles. The normalized spacial score (nSPS) is 11.8. The Morgan fingerprint density at radius 2 is 1.72 bits per heavy atom. The third kappa shape index (κ3) is 9.39. The number of rotatable bonds is 14. The molecule has 0 aromatic heterocycles. The SMILES string of the molecule is COc1ccc(CCc2ccccc2OC[C@@H](CN(C)C)OC(=O)CCCC(=O)O)cc1. The maximum absolute atomic E-state index is 12.1. The van der Waals surface area contributed by atoms with E-state index in [4.69, 9.17) is 19.3 Å². The molecule has 0 radical (unpaired) electrons. The molecule has 0 heterocycles. The molecule has 0 fully saturated rings. The van der Waals surface area contributed by atoms with Crippen LogP contribution in [0.3, 0.4) is 0 Å². The van der Waals surface area contributed by atoms with E-state index in [-0.39, 0.29) is 25.9 Å². The van der Waals surface area contributed by atoms with E-state index < -0.39 is 18.0 Å². The number of likely N-dealkylation sites (N-methyl/N-ethyl adjacent to an activating group) is 1. The Morgan fingerprint density at radius 3 is 2.38 bits per heavy atom. The van der Waals surface area contributed by atoms with Gasteiger partial charge in [-0.2, -0.15) is 0 Å². The van der Waals surface area contributed by atoms with Gasteiger partial charge in [0.1, 0.15) is 24.2 Å². The third-order valence-corrected chi connectivity index (χ3v) is 4.88. The maximum atomic E-state index is 12.1. The molecule has 7 nitrogen and oxygen atoms in total. The highest BCUT2D eigenvalue weighted by Gasteiger charge is 2.17. The molecule has 0 spiro atoms. The molecule has 2 aromatic rings. The van der Waals surface area contributed by atoms with Crippen LogP contribution >= 0.6 is 0 Å². The Morgan fingerprint density at radius 1 is 1.00 bits per heavy atom. The number of hydrogen-bond acceptors (Lipinski definition) is 6. The van der Waals surface area contributed by atoms with Crippen molar-refractivity contribution < 1.29 is 28.9 Å². The second kappa shape index (κ2) is 13.4. The number of aliphatic carboxylic acids is 1. The van der Waals surface area contributed by atoms with Crippen molar-refractivity contribution in [1.29, 1.82) is 0 Å². The number of carboxylic acid groups (broad SMARTS) is 1. The summed E-state index contributed by atoms with van der Waals surface area (Å²) in [4.78, 5) is 24.7. The number of carbonyl (C=O) groups is 2. The van der Waals surface area contributed by atoms with Crippen LogP contribution in [0.25, 0.3) is 0 Å². The van der Waals surface area contributed by atoms with E-state index in [9.17, 15) is 9.59 Å². The van der Waals surface area contributed by atoms with E-state index in [1.165, 1.54) is 5.56 Å². The number of carboxylic acids is 1. The zero-order valence-electron chi connectivity index (χ0n) is 19.1. The number of para-hydroxylation sites is 1. The maximum Gasteiger partial charge on any atom is 0.306 e. The minimum atomic E-state index is -0.919. The van der Waals surface area contributed by atoms with Crippen molar-refractivity contribution in [1.82, 2.24) is 4.90 Å². The van der Waals surface area contributed by atoms with Crippen LogP contribution in [0.15, 0.2) is 48.5 Å². The molecule has 0 aliphatic rings. The number of hydrogen-bond donors (Lipinski definition) is 1. The molecule has 2 rings (SSSR count). The molecular formula is C25H33NO6. The predicted octanol–water partition coefficient (Wildman–Crippen LogP) is 3.59. The van der Waals surface area contributed by atoms with E-state index in [1.807, 2.05) is 55.4 Å². The lowest BCUT2D eigenvalue weighted by molar-refractivity contribution is -0.151. The summed E-state index contributed by atoms with van der Waals surface area (Å²) in [5.74, 6) is 0.278. The van der Waals surface area contributed by atoms with E-state index in [1.54, 1.807) is 7.11 Å². The fraction of sp³-hybridized carbons (Fsp3) is 0.440. The van der Waals surface area contributed by atoms with Crippen molar-refractivity contribution in [3.63, 3.8) is 0 Å². The summed E-state index contributed by atoms with van der Waals surface area (Å²) < 4.78 is 16.8. The Bertz CT molecular complexity index is 850. The van der Waals surface area contributed by atoms with Crippen molar-refractivity contribution in [3.8, 4) is 11.5 Å². The third-order valence-electron chi connectivity index (χ3n) is 4.88. The average molecular weight is 444 g/mol. The molecular weight excluding hydrogens is 410 g/mol. The van der Waals surface area contributed by atoms with Crippen molar-refractivity contribution in [2.45, 2.75) is 38.2 Å². The molecule has 1 N–H and O–H groups in total. The van der Waals surface area contributed by atoms with Gasteiger partial charge in [0.05, 0.1) is 7.11 Å². The summed E-state index contributed by atoms with van der Waals surface area (Å²) in [5.41, 5.74) is 2.29. The van der Waals surface area contributed by atoms with Gasteiger partial charge in [0.15, 0.2) is 0 Å².